The Balaban J connectivity index is 1.81. The number of aliphatic hydroxyl groups excluding tert-OH is 1. The smallest absolute Gasteiger partial charge is 0.162 e. The van der Waals surface area contributed by atoms with Crippen molar-refractivity contribution in [3.63, 3.8) is 0 Å². The van der Waals surface area contributed by atoms with E-state index in [1.54, 1.807) is 13.2 Å². The van der Waals surface area contributed by atoms with Gasteiger partial charge in [0.05, 0.1) is 41.6 Å². The van der Waals surface area contributed by atoms with Crippen LogP contribution in [0, 0.1) is 19.7 Å². The zero-order valence-corrected chi connectivity index (χ0v) is 18.2. The molecule has 7 nitrogen and oxygen atoms in total. The van der Waals surface area contributed by atoms with E-state index in [1.165, 1.54) is 6.33 Å². The van der Waals surface area contributed by atoms with Crippen molar-refractivity contribution >= 4 is 22.6 Å². The van der Waals surface area contributed by atoms with E-state index in [4.69, 9.17) is 21.4 Å². The van der Waals surface area contributed by atoms with Gasteiger partial charge in [0.15, 0.2) is 5.65 Å². The Morgan fingerprint density at radius 2 is 2.03 bits per heavy atom. The van der Waals surface area contributed by atoms with Crippen LogP contribution >= 0.6 is 11.6 Å². The second-order valence-electron chi connectivity index (χ2n) is 7.75. The number of aromatic nitrogens is 4. The molecule has 1 N–H and O–H groups in total. The van der Waals surface area contributed by atoms with Crippen molar-refractivity contribution in [2.24, 2.45) is 0 Å². The van der Waals surface area contributed by atoms with Gasteiger partial charge in [-0.2, -0.15) is 5.10 Å². The maximum absolute atomic E-state index is 15.1. The molecule has 0 bridgehead atoms. The molecular weight excluding hydrogens is 409 g/mol. The van der Waals surface area contributed by atoms with Gasteiger partial charge in [-0.15, -0.1) is 0 Å². The van der Waals surface area contributed by atoms with E-state index in [-0.39, 0.29) is 23.6 Å². The van der Waals surface area contributed by atoms with E-state index >= 15 is 4.39 Å². The molecule has 0 aliphatic carbocycles. The number of fused-ring (bicyclic) bond motifs is 1. The monoisotopic (exact) mass is 433 g/mol. The van der Waals surface area contributed by atoms with Gasteiger partial charge in [-0.3, -0.25) is 4.90 Å². The van der Waals surface area contributed by atoms with Crippen LogP contribution in [-0.4, -0.2) is 63.1 Å². The summed E-state index contributed by atoms with van der Waals surface area (Å²) in [6, 6.07) is 1.33. The number of benzene rings is 1. The van der Waals surface area contributed by atoms with Gasteiger partial charge in [0.1, 0.15) is 17.9 Å². The number of aliphatic hydroxyl groups is 1. The maximum Gasteiger partial charge on any atom is 0.162 e. The molecule has 0 radical (unpaired) electrons. The topological polar surface area (TPSA) is 76.3 Å². The van der Waals surface area contributed by atoms with Crippen molar-refractivity contribution in [2.45, 2.75) is 32.7 Å². The predicted octanol–water partition coefficient (Wildman–Crippen LogP) is 3.25. The summed E-state index contributed by atoms with van der Waals surface area (Å²) >= 11 is 6.31. The number of halogens is 2. The molecular formula is C21H25ClFN5O2. The third-order valence-corrected chi connectivity index (χ3v) is 6.17. The minimum Gasteiger partial charge on any atom is -0.496 e. The Morgan fingerprint density at radius 3 is 2.70 bits per heavy atom. The minimum atomic E-state index is -0.446. The highest BCUT2D eigenvalue weighted by molar-refractivity contribution is 6.31. The molecule has 1 aliphatic heterocycles. The lowest BCUT2D eigenvalue weighted by Crippen LogP contribution is -2.46. The van der Waals surface area contributed by atoms with Gasteiger partial charge in [-0.25, -0.2) is 19.0 Å². The van der Waals surface area contributed by atoms with E-state index in [0.29, 0.717) is 36.6 Å². The van der Waals surface area contributed by atoms with Crippen molar-refractivity contribution in [1.82, 2.24) is 24.6 Å². The number of nitrogens with zero attached hydrogens (tertiary/aromatic N) is 5. The Bertz CT molecular complexity index is 1100. The molecule has 9 heteroatoms. The summed E-state index contributed by atoms with van der Waals surface area (Å²) in [5.74, 6) is -0.000241. The van der Waals surface area contributed by atoms with Crippen molar-refractivity contribution < 1.29 is 14.2 Å². The fourth-order valence-corrected chi connectivity index (χ4v) is 4.57. The molecule has 3 aromatic rings. The molecule has 0 amide bonds. The molecule has 1 fully saturated rings. The summed E-state index contributed by atoms with van der Waals surface area (Å²) in [6.07, 6.45) is 1.52. The van der Waals surface area contributed by atoms with Gasteiger partial charge >= 0.3 is 0 Å². The number of likely N-dealkylation sites (tertiary alicyclic amines) is 1. The Kier molecular flexibility index (Phi) is 5.65. The molecule has 1 aliphatic rings. The summed E-state index contributed by atoms with van der Waals surface area (Å²) in [5, 5.41) is 14.8. The maximum atomic E-state index is 15.1. The van der Waals surface area contributed by atoms with E-state index in [2.05, 4.69) is 20.0 Å². The Morgan fingerprint density at radius 1 is 1.30 bits per heavy atom. The number of methoxy groups -OCH3 is 1. The normalized spacial score (nSPS) is 16.1. The van der Waals surface area contributed by atoms with Crippen molar-refractivity contribution in [2.75, 3.05) is 33.4 Å². The highest BCUT2D eigenvalue weighted by Crippen LogP contribution is 2.43. The zero-order valence-electron chi connectivity index (χ0n) is 17.5. The van der Waals surface area contributed by atoms with Gasteiger partial charge in [-0.1, -0.05) is 11.6 Å². The molecule has 0 spiro atoms. The second kappa shape index (κ2) is 8.09. The van der Waals surface area contributed by atoms with Crippen LogP contribution in [0.3, 0.4) is 0 Å². The lowest BCUT2D eigenvalue weighted by Gasteiger charge is -2.40. The lowest BCUT2D eigenvalue weighted by atomic mass is 9.87. The average molecular weight is 434 g/mol. The highest BCUT2D eigenvalue weighted by atomic mass is 35.5. The number of β-amino-alcohol motifs (C(OH)–C–C–N with tert-alkyl or cyclic N) is 1. The summed E-state index contributed by atoms with van der Waals surface area (Å²) in [4.78, 5) is 10.8. The van der Waals surface area contributed by atoms with Gasteiger partial charge in [0, 0.05) is 36.7 Å². The molecule has 3 heterocycles. The van der Waals surface area contributed by atoms with E-state index in [0.717, 1.165) is 22.3 Å². The van der Waals surface area contributed by atoms with E-state index in [9.17, 15) is 0 Å². The highest BCUT2D eigenvalue weighted by Gasteiger charge is 2.35. The van der Waals surface area contributed by atoms with E-state index in [1.807, 2.05) is 25.5 Å². The van der Waals surface area contributed by atoms with Crippen LogP contribution in [0.25, 0.3) is 11.0 Å². The second-order valence-corrected chi connectivity index (χ2v) is 8.16. The fourth-order valence-electron chi connectivity index (χ4n) is 4.35. The predicted molar refractivity (Wildman–Crippen MR) is 113 cm³/mol. The van der Waals surface area contributed by atoms with Crippen molar-refractivity contribution in [3.05, 3.63) is 45.7 Å². The first-order chi connectivity index (χ1) is 14.4. The quantitative estimate of drug-likeness (QED) is 0.643. The van der Waals surface area contributed by atoms with Crippen molar-refractivity contribution in [3.8, 4) is 5.75 Å². The number of ether oxygens (including phenoxy) is 1. The van der Waals surface area contributed by atoms with Crippen LogP contribution in [-0.2, 0) is 0 Å². The first-order valence-electron chi connectivity index (χ1n) is 9.92. The third kappa shape index (κ3) is 3.33. The molecule has 160 valence electrons. The molecule has 1 atom stereocenters. The number of hydrogen-bond donors (Lipinski definition) is 1. The van der Waals surface area contributed by atoms with Gasteiger partial charge in [-0.05, 0) is 26.8 Å². The zero-order chi connectivity index (χ0) is 21.6. The number of hydrogen-bond acceptors (Lipinski definition) is 6. The van der Waals surface area contributed by atoms with Crippen LogP contribution in [0.15, 0.2) is 12.4 Å². The third-order valence-electron chi connectivity index (χ3n) is 5.89. The number of aryl methyl sites for hydroxylation is 2. The van der Waals surface area contributed by atoms with E-state index < -0.39 is 5.82 Å². The fraction of sp³-hybridized carbons (Fsp3) is 0.476. The molecule has 1 aromatic carbocycles. The molecule has 1 unspecified atom stereocenters. The molecule has 0 saturated carbocycles. The van der Waals surface area contributed by atoms with Crippen LogP contribution in [0.2, 0.25) is 5.02 Å². The van der Waals surface area contributed by atoms with Crippen LogP contribution in [0.4, 0.5) is 4.39 Å². The first kappa shape index (κ1) is 21.0. The Labute approximate surface area is 179 Å². The molecule has 1 saturated heterocycles. The Hall–Kier alpha value is -2.29. The summed E-state index contributed by atoms with van der Waals surface area (Å²) in [6.45, 7) is 7.77. The van der Waals surface area contributed by atoms with Gasteiger partial charge < -0.3 is 9.84 Å². The van der Waals surface area contributed by atoms with Crippen LogP contribution < -0.4 is 4.74 Å². The summed E-state index contributed by atoms with van der Waals surface area (Å²) in [5.41, 5.74) is 3.65. The van der Waals surface area contributed by atoms with Crippen molar-refractivity contribution in [1.29, 1.82) is 0 Å². The molecule has 30 heavy (non-hydrogen) atoms. The number of rotatable bonds is 6. The molecule has 2 aromatic heterocycles. The first-order valence-corrected chi connectivity index (χ1v) is 10.3. The standard InChI is InChI=1S/C21H25ClFN5O2/c1-11-17-12(2)26-28(21(17)25-10-24-11)13(3)15-7-16(22)19(23)18(20(15)30-4)14-8-27(9-14)5-6-29/h7,10,13-14,29H,5-6,8-9H2,1-4H3. The van der Waals surface area contributed by atoms with Gasteiger partial charge in [0.25, 0.3) is 0 Å². The summed E-state index contributed by atoms with van der Waals surface area (Å²) in [7, 11) is 1.55. The average Bonchev–Trinajstić information content (AvgIpc) is 3.04. The SMILES string of the molecule is COc1c(C(C)n2nc(C)c3c(C)ncnc32)cc(Cl)c(F)c1C1CN(CCO)C1. The molecule has 4 rings (SSSR count). The van der Waals surface area contributed by atoms with Crippen LogP contribution in [0.1, 0.15) is 41.4 Å². The lowest BCUT2D eigenvalue weighted by molar-refractivity contribution is 0.112. The largest absolute Gasteiger partial charge is 0.496 e. The minimum absolute atomic E-state index is 0.0446. The van der Waals surface area contributed by atoms with Gasteiger partial charge in [0.2, 0.25) is 0 Å². The van der Waals surface area contributed by atoms with Crippen LogP contribution in [0.5, 0.6) is 5.75 Å². The summed E-state index contributed by atoms with van der Waals surface area (Å²) < 4.78 is 22.6.